The fourth-order valence-electron chi connectivity index (χ4n) is 2.48. The molecule has 1 aliphatic heterocycles. The van der Waals surface area contributed by atoms with E-state index in [2.05, 4.69) is 19.2 Å². The van der Waals surface area contributed by atoms with Crippen molar-refractivity contribution in [2.45, 2.75) is 39.2 Å². The Bertz CT molecular complexity index is 402. The van der Waals surface area contributed by atoms with Crippen LogP contribution in [0.4, 0.5) is 5.69 Å². The van der Waals surface area contributed by atoms with Crippen LogP contribution in [0.1, 0.15) is 33.1 Å². The van der Waals surface area contributed by atoms with E-state index in [1.54, 1.807) is 0 Å². The van der Waals surface area contributed by atoms with Gasteiger partial charge in [0.05, 0.1) is 6.04 Å². The van der Waals surface area contributed by atoms with Crippen LogP contribution in [0.2, 0.25) is 0 Å². The van der Waals surface area contributed by atoms with Crippen molar-refractivity contribution in [1.82, 2.24) is 5.32 Å². The quantitative estimate of drug-likeness (QED) is 0.883. The van der Waals surface area contributed by atoms with Crippen molar-refractivity contribution in [1.29, 1.82) is 0 Å². The van der Waals surface area contributed by atoms with Crippen molar-refractivity contribution in [3.05, 3.63) is 30.3 Å². The molecule has 0 aliphatic carbocycles. The van der Waals surface area contributed by atoms with E-state index in [4.69, 9.17) is 0 Å². The molecule has 1 fully saturated rings. The fourth-order valence-corrected chi connectivity index (χ4v) is 2.48. The molecular formula is C16H24N2O. The molecule has 1 aliphatic rings. The summed E-state index contributed by atoms with van der Waals surface area (Å²) in [6, 6.07) is 9.96. The first-order chi connectivity index (χ1) is 9.18. The standard InChI is InChI=1S/C16H24N2O/c1-13(2)10-11-17-15-9-6-12-18(16(15)19)14-7-4-3-5-8-14/h3-5,7-8,13,15,17H,6,9-12H2,1-2H3. The molecule has 2 rings (SSSR count). The molecule has 19 heavy (non-hydrogen) atoms. The van der Waals surface area contributed by atoms with Crippen LogP contribution in [0.15, 0.2) is 30.3 Å². The van der Waals surface area contributed by atoms with Gasteiger partial charge in [-0.25, -0.2) is 0 Å². The molecule has 1 atom stereocenters. The van der Waals surface area contributed by atoms with Crippen LogP contribution in [0.5, 0.6) is 0 Å². The van der Waals surface area contributed by atoms with Gasteiger partial charge in [0.1, 0.15) is 0 Å². The third-order valence-corrected chi connectivity index (χ3v) is 3.62. The number of hydrogen-bond acceptors (Lipinski definition) is 2. The normalized spacial score (nSPS) is 20.1. The number of nitrogens with zero attached hydrogens (tertiary/aromatic N) is 1. The Morgan fingerprint density at radius 2 is 2.05 bits per heavy atom. The highest BCUT2D eigenvalue weighted by atomic mass is 16.2. The number of para-hydroxylation sites is 1. The van der Waals surface area contributed by atoms with E-state index in [0.29, 0.717) is 5.92 Å². The highest BCUT2D eigenvalue weighted by molar-refractivity contribution is 5.97. The first kappa shape index (κ1) is 14.1. The third kappa shape index (κ3) is 3.80. The predicted octanol–water partition coefficient (Wildman–Crippen LogP) is 2.82. The summed E-state index contributed by atoms with van der Waals surface area (Å²) in [7, 11) is 0. The molecule has 1 aromatic rings. The van der Waals surface area contributed by atoms with Gasteiger partial charge in [0, 0.05) is 12.2 Å². The number of carbonyl (C=O) groups is 1. The lowest BCUT2D eigenvalue weighted by molar-refractivity contribution is -0.121. The summed E-state index contributed by atoms with van der Waals surface area (Å²) >= 11 is 0. The van der Waals surface area contributed by atoms with E-state index in [-0.39, 0.29) is 11.9 Å². The first-order valence-electron chi connectivity index (χ1n) is 7.28. The van der Waals surface area contributed by atoms with Gasteiger partial charge in [0.2, 0.25) is 5.91 Å². The van der Waals surface area contributed by atoms with Gasteiger partial charge < -0.3 is 10.2 Å². The van der Waals surface area contributed by atoms with Crippen LogP contribution in [0.25, 0.3) is 0 Å². The number of nitrogens with one attached hydrogen (secondary N) is 1. The molecule has 3 heteroatoms. The largest absolute Gasteiger partial charge is 0.311 e. The average Bonchev–Trinajstić information content (AvgIpc) is 2.41. The maximum atomic E-state index is 12.5. The van der Waals surface area contributed by atoms with Crippen molar-refractivity contribution in [3.8, 4) is 0 Å². The second kappa shape index (κ2) is 6.71. The Morgan fingerprint density at radius 1 is 1.32 bits per heavy atom. The van der Waals surface area contributed by atoms with Crippen LogP contribution in [0, 0.1) is 5.92 Å². The van der Waals surface area contributed by atoms with Crippen molar-refractivity contribution in [2.24, 2.45) is 5.92 Å². The van der Waals surface area contributed by atoms with E-state index < -0.39 is 0 Å². The second-order valence-corrected chi connectivity index (χ2v) is 5.66. The second-order valence-electron chi connectivity index (χ2n) is 5.66. The van der Waals surface area contributed by atoms with Gasteiger partial charge in [-0.1, -0.05) is 32.0 Å². The van der Waals surface area contributed by atoms with Gasteiger partial charge in [-0.15, -0.1) is 0 Å². The molecule has 3 nitrogen and oxygen atoms in total. The van der Waals surface area contributed by atoms with Gasteiger partial charge >= 0.3 is 0 Å². The summed E-state index contributed by atoms with van der Waals surface area (Å²) in [6.45, 7) is 6.18. The van der Waals surface area contributed by atoms with Gasteiger partial charge in [0.15, 0.2) is 0 Å². The molecule has 1 amide bonds. The minimum atomic E-state index is -0.00675. The van der Waals surface area contributed by atoms with E-state index in [1.807, 2.05) is 35.2 Å². The molecule has 1 saturated heterocycles. The highest BCUT2D eigenvalue weighted by Crippen LogP contribution is 2.20. The van der Waals surface area contributed by atoms with Crippen molar-refractivity contribution in [3.63, 3.8) is 0 Å². The topological polar surface area (TPSA) is 32.3 Å². The minimum Gasteiger partial charge on any atom is -0.311 e. The van der Waals surface area contributed by atoms with Crippen molar-refractivity contribution in [2.75, 3.05) is 18.0 Å². The molecular weight excluding hydrogens is 236 g/mol. The van der Waals surface area contributed by atoms with E-state index in [0.717, 1.165) is 38.0 Å². The van der Waals surface area contributed by atoms with E-state index in [9.17, 15) is 4.79 Å². The predicted molar refractivity (Wildman–Crippen MR) is 79.3 cm³/mol. The summed E-state index contributed by atoms with van der Waals surface area (Å²) in [5.41, 5.74) is 1.02. The molecule has 0 aromatic heterocycles. The molecule has 1 N–H and O–H groups in total. The number of hydrogen-bond donors (Lipinski definition) is 1. The molecule has 0 saturated carbocycles. The third-order valence-electron chi connectivity index (χ3n) is 3.62. The molecule has 0 radical (unpaired) electrons. The lowest BCUT2D eigenvalue weighted by Crippen LogP contribution is -2.51. The smallest absolute Gasteiger partial charge is 0.244 e. The number of benzene rings is 1. The van der Waals surface area contributed by atoms with Gasteiger partial charge in [-0.05, 0) is 43.9 Å². The monoisotopic (exact) mass is 260 g/mol. The fraction of sp³-hybridized carbons (Fsp3) is 0.562. The summed E-state index contributed by atoms with van der Waals surface area (Å²) < 4.78 is 0. The first-order valence-corrected chi connectivity index (χ1v) is 7.28. The summed E-state index contributed by atoms with van der Waals surface area (Å²) in [5, 5.41) is 3.41. The lowest BCUT2D eigenvalue weighted by Gasteiger charge is -2.33. The maximum Gasteiger partial charge on any atom is 0.244 e. The van der Waals surface area contributed by atoms with Gasteiger partial charge in [0.25, 0.3) is 0 Å². The van der Waals surface area contributed by atoms with Crippen LogP contribution in [-0.4, -0.2) is 25.0 Å². The van der Waals surface area contributed by atoms with Crippen LogP contribution < -0.4 is 10.2 Å². The van der Waals surface area contributed by atoms with Crippen LogP contribution in [0.3, 0.4) is 0 Å². The lowest BCUT2D eigenvalue weighted by atomic mass is 10.0. The highest BCUT2D eigenvalue weighted by Gasteiger charge is 2.28. The molecule has 1 heterocycles. The molecule has 1 unspecified atom stereocenters. The summed E-state index contributed by atoms with van der Waals surface area (Å²) in [4.78, 5) is 14.4. The Hall–Kier alpha value is -1.35. The zero-order valence-corrected chi connectivity index (χ0v) is 11.9. The molecule has 104 valence electrons. The molecule has 0 bridgehead atoms. The Balaban J connectivity index is 1.95. The Morgan fingerprint density at radius 3 is 2.74 bits per heavy atom. The summed E-state index contributed by atoms with van der Waals surface area (Å²) in [6.07, 6.45) is 3.15. The van der Waals surface area contributed by atoms with Crippen LogP contribution >= 0.6 is 0 Å². The van der Waals surface area contributed by atoms with Crippen molar-refractivity contribution < 1.29 is 4.79 Å². The van der Waals surface area contributed by atoms with Gasteiger partial charge in [-0.2, -0.15) is 0 Å². The van der Waals surface area contributed by atoms with Gasteiger partial charge in [-0.3, -0.25) is 4.79 Å². The Labute approximate surface area is 116 Å². The number of rotatable bonds is 5. The minimum absolute atomic E-state index is 0.00675. The SMILES string of the molecule is CC(C)CCNC1CCCN(c2ccccc2)C1=O. The van der Waals surface area contributed by atoms with E-state index in [1.165, 1.54) is 0 Å². The van der Waals surface area contributed by atoms with Crippen LogP contribution in [-0.2, 0) is 4.79 Å². The Kier molecular flexibility index (Phi) is 4.97. The number of amides is 1. The molecule has 0 spiro atoms. The van der Waals surface area contributed by atoms with Crippen molar-refractivity contribution >= 4 is 11.6 Å². The number of anilines is 1. The summed E-state index contributed by atoms with van der Waals surface area (Å²) in [5.74, 6) is 0.901. The zero-order valence-electron chi connectivity index (χ0n) is 11.9. The van der Waals surface area contributed by atoms with E-state index >= 15 is 0 Å². The zero-order chi connectivity index (χ0) is 13.7. The number of carbonyl (C=O) groups excluding carboxylic acids is 1. The number of piperidine rings is 1. The molecule has 1 aromatic carbocycles. The maximum absolute atomic E-state index is 12.5. The average molecular weight is 260 g/mol.